The van der Waals surface area contributed by atoms with Crippen LogP contribution in [0.2, 0.25) is 0 Å². The van der Waals surface area contributed by atoms with Crippen LogP contribution in [0.15, 0.2) is 29.3 Å². The third-order valence-corrected chi connectivity index (χ3v) is 4.30. The van der Waals surface area contributed by atoms with Gasteiger partial charge in [0.1, 0.15) is 0 Å². The van der Waals surface area contributed by atoms with E-state index in [-0.39, 0.29) is 42.4 Å². The number of halogens is 1. The van der Waals surface area contributed by atoms with Gasteiger partial charge in [0.25, 0.3) is 0 Å². The second kappa shape index (κ2) is 15.6. The zero-order valence-electron chi connectivity index (χ0n) is 17.6. The van der Waals surface area contributed by atoms with E-state index >= 15 is 0 Å². The Morgan fingerprint density at radius 1 is 1.11 bits per heavy atom. The molecule has 4 N–H and O–H groups in total. The van der Waals surface area contributed by atoms with Crippen molar-refractivity contribution in [2.24, 2.45) is 16.8 Å². The van der Waals surface area contributed by atoms with E-state index in [4.69, 9.17) is 0 Å². The highest BCUT2D eigenvalue weighted by atomic mass is 127. The van der Waals surface area contributed by atoms with Crippen LogP contribution in [0.4, 0.5) is 5.69 Å². The van der Waals surface area contributed by atoms with Crippen LogP contribution < -0.4 is 16.0 Å². The molecule has 28 heavy (non-hydrogen) atoms. The quantitative estimate of drug-likeness (QED) is 0.210. The fourth-order valence-electron chi connectivity index (χ4n) is 2.67. The van der Waals surface area contributed by atoms with Crippen molar-refractivity contribution in [3.05, 3.63) is 29.8 Å². The normalized spacial score (nSPS) is 12.3. The Bertz CT molecular complexity index is 570. The molecule has 1 rings (SSSR count). The lowest BCUT2D eigenvalue weighted by atomic mass is 10.0. The van der Waals surface area contributed by atoms with E-state index in [9.17, 15) is 9.90 Å². The summed E-state index contributed by atoms with van der Waals surface area (Å²) in [5, 5.41) is 18.7. The first-order valence-corrected chi connectivity index (χ1v) is 10.0. The summed E-state index contributed by atoms with van der Waals surface area (Å²) in [7, 11) is 0. The lowest BCUT2D eigenvalue weighted by molar-refractivity contribution is -0.118. The highest BCUT2D eigenvalue weighted by molar-refractivity contribution is 14.0. The van der Waals surface area contributed by atoms with Crippen molar-refractivity contribution in [2.45, 2.75) is 53.5 Å². The second-order valence-electron chi connectivity index (χ2n) is 7.08. The van der Waals surface area contributed by atoms with E-state index in [1.165, 1.54) is 0 Å². The van der Waals surface area contributed by atoms with Crippen molar-refractivity contribution in [1.82, 2.24) is 10.6 Å². The molecule has 0 saturated heterocycles. The van der Waals surface area contributed by atoms with Crippen molar-refractivity contribution in [1.29, 1.82) is 0 Å². The minimum absolute atomic E-state index is 0. The van der Waals surface area contributed by atoms with E-state index in [1.807, 2.05) is 45.0 Å². The minimum Gasteiger partial charge on any atom is -0.396 e. The predicted octanol–water partition coefficient (Wildman–Crippen LogP) is 3.75. The van der Waals surface area contributed by atoms with Crippen LogP contribution in [-0.4, -0.2) is 36.7 Å². The van der Waals surface area contributed by atoms with Gasteiger partial charge in [0, 0.05) is 31.3 Å². The van der Waals surface area contributed by atoms with Crippen molar-refractivity contribution in [2.75, 3.05) is 25.0 Å². The van der Waals surface area contributed by atoms with Crippen LogP contribution in [-0.2, 0) is 11.3 Å². The summed E-state index contributed by atoms with van der Waals surface area (Å²) in [6.45, 7) is 10.3. The molecule has 1 aromatic carbocycles. The standard InChI is InChI=1S/C21H36N4O2.HI/c1-5-7-17(12-13-26)14-23-21(22-6-2)24-15-18-8-10-19(11-9-18)25-20(27)16(3)4;/h8-11,16-17,26H,5-7,12-15H2,1-4H3,(H,25,27)(H2,22,23,24);1H. The van der Waals surface area contributed by atoms with Gasteiger partial charge < -0.3 is 21.1 Å². The van der Waals surface area contributed by atoms with Crippen LogP contribution >= 0.6 is 24.0 Å². The number of rotatable bonds is 11. The number of carbonyl (C=O) groups is 1. The zero-order valence-corrected chi connectivity index (χ0v) is 20.0. The molecule has 0 saturated carbocycles. The number of aliphatic imine (C=N–C) groups is 1. The van der Waals surface area contributed by atoms with Gasteiger partial charge >= 0.3 is 0 Å². The minimum atomic E-state index is -0.0367. The average molecular weight is 504 g/mol. The Balaban J connectivity index is 0.00000729. The molecule has 0 bridgehead atoms. The highest BCUT2D eigenvalue weighted by Gasteiger charge is 2.09. The molecule has 0 aliphatic heterocycles. The van der Waals surface area contributed by atoms with Crippen molar-refractivity contribution < 1.29 is 9.90 Å². The molecule has 0 spiro atoms. The maximum atomic E-state index is 11.7. The van der Waals surface area contributed by atoms with Crippen molar-refractivity contribution in [3.63, 3.8) is 0 Å². The number of aliphatic hydroxyl groups excluding tert-OH is 1. The van der Waals surface area contributed by atoms with E-state index in [1.54, 1.807) is 0 Å². The molecule has 0 fully saturated rings. The SMILES string of the molecule is CCCC(CCO)CNC(=NCc1ccc(NC(=O)C(C)C)cc1)NCC.I. The Kier molecular flexibility index (Phi) is 14.8. The molecule has 0 aliphatic rings. The number of hydrogen-bond donors (Lipinski definition) is 4. The largest absolute Gasteiger partial charge is 0.396 e. The van der Waals surface area contributed by atoms with Gasteiger partial charge in [-0.15, -0.1) is 24.0 Å². The smallest absolute Gasteiger partial charge is 0.226 e. The summed E-state index contributed by atoms with van der Waals surface area (Å²) in [4.78, 5) is 16.4. The van der Waals surface area contributed by atoms with Crippen LogP contribution in [0.3, 0.4) is 0 Å². The molecule has 0 aromatic heterocycles. The Labute approximate surface area is 187 Å². The molecule has 0 radical (unpaired) electrons. The number of carbonyl (C=O) groups excluding carboxylic acids is 1. The van der Waals surface area contributed by atoms with Crippen LogP contribution in [0.25, 0.3) is 0 Å². The summed E-state index contributed by atoms with van der Waals surface area (Å²) in [5.74, 6) is 1.22. The fourth-order valence-corrected chi connectivity index (χ4v) is 2.67. The number of amides is 1. The fraction of sp³-hybridized carbons (Fsp3) is 0.619. The molecular weight excluding hydrogens is 467 g/mol. The monoisotopic (exact) mass is 504 g/mol. The molecular formula is C21H37IN4O2. The number of hydrogen-bond acceptors (Lipinski definition) is 3. The van der Waals surface area contributed by atoms with E-state index in [0.717, 1.165) is 49.6 Å². The number of aliphatic hydroxyl groups is 1. The molecule has 1 aromatic rings. The molecule has 0 aliphatic carbocycles. The van der Waals surface area contributed by atoms with Crippen LogP contribution in [0, 0.1) is 11.8 Å². The first-order valence-electron chi connectivity index (χ1n) is 10.0. The summed E-state index contributed by atoms with van der Waals surface area (Å²) in [6, 6.07) is 7.78. The van der Waals surface area contributed by atoms with E-state index in [2.05, 4.69) is 27.9 Å². The third-order valence-electron chi connectivity index (χ3n) is 4.30. The zero-order chi connectivity index (χ0) is 20.1. The van der Waals surface area contributed by atoms with Gasteiger partial charge in [-0.25, -0.2) is 4.99 Å². The van der Waals surface area contributed by atoms with E-state index in [0.29, 0.717) is 12.5 Å². The summed E-state index contributed by atoms with van der Waals surface area (Å²) >= 11 is 0. The van der Waals surface area contributed by atoms with Gasteiger partial charge in [-0.2, -0.15) is 0 Å². The first kappa shape index (κ1) is 26.6. The number of nitrogens with zero attached hydrogens (tertiary/aromatic N) is 1. The maximum Gasteiger partial charge on any atom is 0.226 e. The van der Waals surface area contributed by atoms with Gasteiger partial charge in [-0.3, -0.25) is 4.79 Å². The molecule has 160 valence electrons. The molecule has 7 heteroatoms. The lowest BCUT2D eigenvalue weighted by Gasteiger charge is -2.18. The third kappa shape index (κ3) is 10.8. The number of guanidine groups is 1. The van der Waals surface area contributed by atoms with E-state index < -0.39 is 0 Å². The van der Waals surface area contributed by atoms with Gasteiger partial charge in [0.05, 0.1) is 6.54 Å². The summed E-state index contributed by atoms with van der Waals surface area (Å²) < 4.78 is 0. The number of benzene rings is 1. The van der Waals surface area contributed by atoms with Crippen molar-refractivity contribution in [3.8, 4) is 0 Å². The van der Waals surface area contributed by atoms with Gasteiger partial charge in [-0.1, -0.05) is 39.3 Å². The Hall–Kier alpha value is -1.35. The van der Waals surface area contributed by atoms with Gasteiger partial charge in [0.15, 0.2) is 5.96 Å². The first-order chi connectivity index (χ1) is 13.0. The Morgan fingerprint density at radius 3 is 2.32 bits per heavy atom. The van der Waals surface area contributed by atoms with Crippen LogP contribution in [0.5, 0.6) is 0 Å². The average Bonchev–Trinajstić information content (AvgIpc) is 2.65. The predicted molar refractivity (Wildman–Crippen MR) is 128 cm³/mol. The summed E-state index contributed by atoms with van der Waals surface area (Å²) in [6.07, 6.45) is 3.01. The number of nitrogens with one attached hydrogen (secondary N) is 3. The lowest BCUT2D eigenvalue weighted by Crippen LogP contribution is -2.40. The molecule has 1 amide bonds. The maximum absolute atomic E-state index is 11.7. The highest BCUT2D eigenvalue weighted by Crippen LogP contribution is 2.12. The molecule has 1 unspecified atom stereocenters. The molecule has 1 atom stereocenters. The molecule has 0 heterocycles. The van der Waals surface area contributed by atoms with Gasteiger partial charge in [0.2, 0.25) is 5.91 Å². The summed E-state index contributed by atoms with van der Waals surface area (Å²) in [5.41, 5.74) is 1.88. The molecule has 6 nitrogen and oxygen atoms in total. The second-order valence-corrected chi connectivity index (χ2v) is 7.08. The van der Waals surface area contributed by atoms with Gasteiger partial charge in [-0.05, 0) is 43.4 Å². The topological polar surface area (TPSA) is 85.8 Å². The van der Waals surface area contributed by atoms with Crippen molar-refractivity contribution >= 4 is 41.5 Å². The Morgan fingerprint density at radius 2 is 1.79 bits per heavy atom. The van der Waals surface area contributed by atoms with Crippen LogP contribution in [0.1, 0.15) is 52.5 Å². The number of anilines is 1.